The number of rotatable bonds is 0. The summed E-state index contributed by atoms with van der Waals surface area (Å²) in [6.07, 6.45) is 5.94. The molecule has 0 N–H and O–H groups in total. The van der Waals surface area contributed by atoms with Gasteiger partial charge in [0.15, 0.2) is 0 Å². The van der Waals surface area contributed by atoms with Gasteiger partial charge in [-0.2, -0.15) is 0 Å². The summed E-state index contributed by atoms with van der Waals surface area (Å²) < 4.78 is 6.11. The summed E-state index contributed by atoms with van der Waals surface area (Å²) in [5.74, 6) is 2.39. The molecule has 0 saturated heterocycles. The molecule has 4 rings (SSSR count). The van der Waals surface area contributed by atoms with Gasteiger partial charge in [-0.25, -0.2) is 0 Å². The third kappa shape index (κ3) is 1.05. The van der Waals surface area contributed by atoms with Gasteiger partial charge in [0.25, 0.3) is 0 Å². The summed E-state index contributed by atoms with van der Waals surface area (Å²) in [6, 6.07) is 8.45. The van der Waals surface area contributed by atoms with Gasteiger partial charge in [0.2, 0.25) is 0 Å². The number of fused-ring (bicyclic) bond motifs is 6. The molecule has 2 aliphatic rings. The SMILES string of the molecule is CC1(C)c2c(oc3ccccc23)C2C=CC1C2. The molecule has 2 aromatic rings. The van der Waals surface area contributed by atoms with Gasteiger partial charge in [0.05, 0.1) is 0 Å². The Balaban J connectivity index is 2.13. The third-order valence-electron chi connectivity index (χ3n) is 4.61. The van der Waals surface area contributed by atoms with Crippen molar-refractivity contribution < 1.29 is 4.42 Å². The van der Waals surface area contributed by atoms with E-state index in [2.05, 4.69) is 50.3 Å². The monoisotopic (exact) mass is 224 g/mol. The molecule has 1 heterocycles. The van der Waals surface area contributed by atoms with E-state index in [1.165, 1.54) is 23.1 Å². The van der Waals surface area contributed by atoms with E-state index in [9.17, 15) is 0 Å². The second kappa shape index (κ2) is 2.84. The minimum absolute atomic E-state index is 0.200. The van der Waals surface area contributed by atoms with Crippen LogP contribution in [0.1, 0.15) is 37.5 Å². The van der Waals surface area contributed by atoms with Crippen molar-refractivity contribution in [3.05, 3.63) is 47.7 Å². The van der Waals surface area contributed by atoms with E-state index in [1.54, 1.807) is 0 Å². The van der Waals surface area contributed by atoms with Crippen LogP contribution in [0.2, 0.25) is 0 Å². The van der Waals surface area contributed by atoms with Crippen LogP contribution >= 0.6 is 0 Å². The van der Waals surface area contributed by atoms with Crippen LogP contribution in [-0.2, 0) is 5.41 Å². The normalized spacial score (nSPS) is 28.6. The highest BCUT2D eigenvalue weighted by Crippen LogP contribution is 2.54. The lowest BCUT2D eigenvalue weighted by atomic mass is 9.67. The van der Waals surface area contributed by atoms with Crippen molar-refractivity contribution in [2.45, 2.75) is 31.6 Å². The van der Waals surface area contributed by atoms with Crippen molar-refractivity contribution in [2.24, 2.45) is 5.92 Å². The zero-order chi connectivity index (χ0) is 11.6. The molecule has 0 amide bonds. The highest BCUT2D eigenvalue weighted by molar-refractivity contribution is 5.84. The Morgan fingerprint density at radius 1 is 1.18 bits per heavy atom. The van der Waals surface area contributed by atoms with Crippen LogP contribution in [0.5, 0.6) is 0 Å². The minimum atomic E-state index is 0.200. The highest BCUT2D eigenvalue weighted by Gasteiger charge is 2.45. The number of hydrogen-bond donors (Lipinski definition) is 0. The Hall–Kier alpha value is -1.50. The van der Waals surface area contributed by atoms with Gasteiger partial charge >= 0.3 is 0 Å². The van der Waals surface area contributed by atoms with Crippen molar-refractivity contribution >= 4 is 11.0 Å². The van der Waals surface area contributed by atoms with Gasteiger partial charge < -0.3 is 4.42 Å². The van der Waals surface area contributed by atoms with E-state index < -0.39 is 0 Å². The summed E-state index contributed by atoms with van der Waals surface area (Å²) in [5, 5.41) is 1.31. The Morgan fingerprint density at radius 3 is 2.88 bits per heavy atom. The maximum Gasteiger partial charge on any atom is 0.134 e. The zero-order valence-electron chi connectivity index (χ0n) is 10.2. The molecule has 17 heavy (non-hydrogen) atoms. The van der Waals surface area contributed by atoms with Gasteiger partial charge in [-0.3, -0.25) is 0 Å². The molecule has 0 aliphatic heterocycles. The molecule has 0 radical (unpaired) electrons. The Labute approximate surface area is 101 Å². The number of benzene rings is 1. The molecule has 1 nitrogen and oxygen atoms in total. The van der Waals surface area contributed by atoms with Crippen molar-refractivity contribution in [1.29, 1.82) is 0 Å². The lowest BCUT2D eigenvalue weighted by Crippen LogP contribution is -2.30. The standard InChI is InChI=1S/C16H16O/c1-16(2)11-8-7-10(9-11)15-14(16)12-5-3-4-6-13(12)17-15/h3-8,10-11H,9H2,1-2H3. The first-order valence-corrected chi connectivity index (χ1v) is 6.38. The molecule has 1 aromatic heterocycles. The van der Waals surface area contributed by atoms with Crippen molar-refractivity contribution in [3.63, 3.8) is 0 Å². The molecule has 0 fully saturated rings. The fraction of sp³-hybridized carbons (Fsp3) is 0.375. The van der Waals surface area contributed by atoms with Crippen LogP contribution in [0.15, 0.2) is 40.8 Å². The van der Waals surface area contributed by atoms with Crippen molar-refractivity contribution in [3.8, 4) is 0 Å². The van der Waals surface area contributed by atoms with E-state index >= 15 is 0 Å². The van der Waals surface area contributed by atoms with Crippen LogP contribution in [-0.4, -0.2) is 0 Å². The number of furan rings is 1. The largest absolute Gasteiger partial charge is 0.460 e. The van der Waals surface area contributed by atoms with E-state index in [0.717, 1.165) is 5.58 Å². The second-order valence-electron chi connectivity index (χ2n) is 5.89. The number of allylic oxidation sites excluding steroid dienone is 2. The highest BCUT2D eigenvalue weighted by atomic mass is 16.3. The van der Waals surface area contributed by atoms with E-state index in [0.29, 0.717) is 11.8 Å². The first kappa shape index (κ1) is 9.52. The van der Waals surface area contributed by atoms with Gasteiger partial charge in [-0.05, 0) is 18.4 Å². The van der Waals surface area contributed by atoms with Crippen LogP contribution in [0.3, 0.4) is 0 Å². The molecule has 2 atom stereocenters. The Morgan fingerprint density at radius 2 is 2.00 bits per heavy atom. The van der Waals surface area contributed by atoms with Crippen LogP contribution in [0, 0.1) is 5.92 Å². The van der Waals surface area contributed by atoms with Gasteiger partial charge in [-0.1, -0.05) is 44.2 Å². The molecule has 2 aliphatic carbocycles. The Kier molecular flexibility index (Phi) is 1.59. The predicted octanol–water partition coefficient (Wildman–Crippen LogP) is 4.38. The third-order valence-corrected chi connectivity index (χ3v) is 4.61. The van der Waals surface area contributed by atoms with Gasteiger partial charge in [0.1, 0.15) is 11.3 Å². The topological polar surface area (TPSA) is 13.1 Å². The lowest BCUT2D eigenvalue weighted by Gasteiger charge is -2.35. The lowest BCUT2D eigenvalue weighted by molar-refractivity contribution is 0.320. The number of para-hydroxylation sites is 1. The van der Waals surface area contributed by atoms with E-state index in [4.69, 9.17) is 4.42 Å². The predicted molar refractivity (Wildman–Crippen MR) is 69.2 cm³/mol. The molecule has 0 spiro atoms. The molecule has 1 aromatic carbocycles. The molecular formula is C16H16O. The summed E-state index contributed by atoms with van der Waals surface area (Å²) in [5.41, 5.74) is 2.69. The first-order valence-electron chi connectivity index (χ1n) is 6.38. The average Bonchev–Trinajstić information content (AvgIpc) is 2.91. The van der Waals surface area contributed by atoms with Gasteiger partial charge in [0, 0.05) is 22.3 Å². The molecule has 0 saturated carbocycles. The zero-order valence-corrected chi connectivity index (χ0v) is 10.2. The summed E-state index contributed by atoms with van der Waals surface area (Å²) >= 11 is 0. The van der Waals surface area contributed by atoms with Crippen molar-refractivity contribution in [2.75, 3.05) is 0 Å². The van der Waals surface area contributed by atoms with Crippen LogP contribution < -0.4 is 0 Å². The maximum absolute atomic E-state index is 6.11. The molecule has 86 valence electrons. The van der Waals surface area contributed by atoms with E-state index in [1.807, 2.05) is 0 Å². The van der Waals surface area contributed by atoms with Crippen LogP contribution in [0.4, 0.5) is 0 Å². The molecular weight excluding hydrogens is 208 g/mol. The Bertz CT molecular complexity index is 630. The maximum atomic E-state index is 6.11. The summed E-state index contributed by atoms with van der Waals surface area (Å²) in [4.78, 5) is 0. The van der Waals surface area contributed by atoms with E-state index in [-0.39, 0.29) is 5.41 Å². The average molecular weight is 224 g/mol. The van der Waals surface area contributed by atoms with Crippen molar-refractivity contribution in [1.82, 2.24) is 0 Å². The summed E-state index contributed by atoms with van der Waals surface area (Å²) in [7, 11) is 0. The summed E-state index contributed by atoms with van der Waals surface area (Å²) in [6.45, 7) is 4.70. The first-order chi connectivity index (χ1) is 8.18. The number of hydrogen-bond acceptors (Lipinski definition) is 1. The van der Waals surface area contributed by atoms with Crippen LogP contribution in [0.25, 0.3) is 11.0 Å². The quantitative estimate of drug-likeness (QED) is 0.605. The minimum Gasteiger partial charge on any atom is -0.460 e. The fourth-order valence-corrected chi connectivity index (χ4v) is 3.60. The molecule has 2 bridgehead atoms. The molecule has 2 unspecified atom stereocenters. The fourth-order valence-electron chi connectivity index (χ4n) is 3.60. The van der Waals surface area contributed by atoms with Gasteiger partial charge in [-0.15, -0.1) is 0 Å². The second-order valence-corrected chi connectivity index (χ2v) is 5.89. The smallest absolute Gasteiger partial charge is 0.134 e. The molecule has 1 heteroatoms.